The zero-order valence-electron chi connectivity index (χ0n) is 20.8. The minimum Gasteiger partial charge on any atom is -0.354 e. The maximum absolute atomic E-state index is 12.9. The van der Waals surface area contributed by atoms with Crippen molar-refractivity contribution in [3.05, 3.63) is 83.1 Å². The Hall–Kier alpha value is -3.88. The highest BCUT2D eigenvalue weighted by molar-refractivity contribution is 6.34. The van der Waals surface area contributed by atoms with Gasteiger partial charge in [-0.05, 0) is 80.9 Å². The molecule has 0 unspecified atom stereocenters. The zero-order chi connectivity index (χ0) is 25.9. The summed E-state index contributed by atoms with van der Waals surface area (Å²) < 4.78 is 1.51. The van der Waals surface area contributed by atoms with Crippen LogP contribution in [0.1, 0.15) is 34.7 Å². The molecule has 0 saturated carbocycles. The molecule has 0 radical (unpaired) electrons. The fourth-order valence-electron chi connectivity index (χ4n) is 4.72. The predicted molar refractivity (Wildman–Crippen MR) is 148 cm³/mol. The highest BCUT2D eigenvalue weighted by atomic mass is 35.5. The number of halogens is 1. The molecule has 9 heteroatoms. The Balaban J connectivity index is 1.27. The average molecular weight is 517 g/mol. The van der Waals surface area contributed by atoms with E-state index in [1.165, 1.54) is 10.1 Å². The Morgan fingerprint density at radius 1 is 1.03 bits per heavy atom. The van der Waals surface area contributed by atoms with Gasteiger partial charge < -0.3 is 20.9 Å². The maximum Gasteiger partial charge on any atom is 0.325 e. The number of hydrogen-bond donors (Lipinski definition) is 3. The van der Waals surface area contributed by atoms with Crippen LogP contribution in [0.25, 0.3) is 10.9 Å². The molecule has 1 fully saturated rings. The fourth-order valence-corrected chi connectivity index (χ4v) is 4.92. The predicted octanol–water partition coefficient (Wildman–Crippen LogP) is 5.68. The minimum atomic E-state index is -0.238. The first-order chi connectivity index (χ1) is 17.9. The van der Waals surface area contributed by atoms with E-state index in [0.717, 1.165) is 37.0 Å². The first-order valence-electron chi connectivity index (χ1n) is 12.3. The van der Waals surface area contributed by atoms with Crippen LogP contribution in [0.4, 0.5) is 22.0 Å². The van der Waals surface area contributed by atoms with Gasteiger partial charge in [-0.15, -0.1) is 0 Å². The molecular formula is C28H29ClN6O2. The van der Waals surface area contributed by atoms with Crippen LogP contribution in [0.5, 0.6) is 0 Å². The summed E-state index contributed by atoms with van der Waals surface area (Å²) in [5.74, 6) is 0.762. The zero-order valence-corrected chi connectivity index (χ0v) is 21.5. The first-order valence-corrected chi connectivity index (χ1v) is 12.6. The number of benzene rings is 2. The van der Waals surface area contributed by atoms with Crippen molar-refractivity contribution >= 4 is 51.6 Å². The third-order valence-corrected chi connectivity index (χ3v) is 7.17. The summed E-state index contributed by atoms with van der Waals surface area (Å²) in [4.78, 5) is 31.6. The van der Waals surface area contributed by atoms with Crippen LogP contribution in [-0.4, -0.2) is 53.6 Å². The normalized spacial score (nSPS) is 14.5. The van der Waals surface area contributed by atoms with Crippen molar-refractivity contribution in [2.45, 2.75) is 18.8 Å². The van der Waals surface area contributed by atoms with Gasteiger partial charge in [-0.25, -0.2) is 9.78 Å². The average Bonchev–Trinajstić information content (AvgIpc) is 3.31. The SMILES string of the molecule is CNC(=O)n1ccc2cc(Nc3ccnc(NC(=O)c4ccc(C5CCN(C)CC5)cc4)c3)c(Cl)cc21. The molecule has 3 N–H and O–H groups in total. The molecule has 1 aliphatic rings. The van der Waals surface area contributed by atoms with Crippen molar-refractivity contribution in [2.24, 2.45) is 0 Å². The van der Waals surface area contributed by atoms with Crippen LogP contribution in [0.3, 0.4) is 0 Å². The molecule has 190 valence electrons. The molecule has 0 aliphatic carbocycles. The van der Waals surface area contributed by atoms with E-state index in [1.54, 1.807) is 37.6 Å². The molecule has 37 heavy (non-hydrogen) atoms. The molecule has 2 aromatic carbocycles. The highest BCUT2D eigenvalue weighted by Gasteiger charge is 2.19. The Morgan fingerprint density at radius 2 is 1.78 bits per heavy atom. The Labute approximate surface area is 220 Å². The molecule has 0 spiro atoms. The summed E-state index contributed by atoms with van der Waals surface area (Å²) in [6.45, 7) is 2.20. The number of hydrogen-bond acceptors (Lipinski definition) is 5. The van der Waals surface area contributed by atoms with E-state index in [1.807, 2.05) is 24.3 Å². The Morgan fingerprint density at radius 3 is 2.51 bits per heavy atom. The molecule has 0 bridgehead atoms. The quantitative estimate of drug-likeness (QED) is 0.317. The van der Waals surface area contributed by atoms with E-state index >= 15 is 0 Å². The molecule has 2 aromatic heterocycles. The first kappa shape index (κ1) is 24.8. The van der Waals surface area contributed by atoms with E-state index < -0.39 is 0 Å². The second-order valence-corrected chi connectivity index (χ2v) is 9.75. The van der Waals surface area contributed by atoms with Crippen LogP contribution in [0, 0.1) is 0 Å². The van der Waals surface area contributed by atoms with Gasteiger partial charge in [0.05, 0.1) is 16.2 Å². The number of fused-ring (bicyclic) bond motifs is 1. The van der Waals surface area contributed by atoms with Gasteiger partial charge >= 0.3 is 6.03 Å². The molecule has 8 nitrogen and oxygen atoms in total. The largest absolute Gasteiger partial charge is 0.354 e. The van der Waals surface area contributed by atoms with E-state index in [-0.39, 0.29) is 11.9 Å². The molecular weight excluding hydrogens is 488 g/mol. The third-order valence-electron chi connectivity index (χ3n) is 6.86. The van der Waals surface area contributed by atoms with Gasteiger partial charge in [0.25, 0.3) is 5.91 Å². The molecule has 2 amide bonds. The van der Waals surface area contributed by atoms with E-state index in [0.29, 0.717) is 33.5 Å². The summed E-state index contributed by atoms with van der Waals surface area (Å²) in [6.07, 6.45) is 5.60. The number of likely N-dealkylation sites (tertiary alicyclic amines) is 1. The number of rotatable bonds is 5. The molecule has 3 heterocycles. The van der Waals surface area contributed by atoms with Crippen molar-refractivity contribution in [1.29, 1.82) is 0 Å². The molecule has 1 aliphatic heterocycles. The molecule has 1 saturated heterocycles. The Bertz CT molecular complexity index is 1440. The van der Waals surface area contributed by atoms with E-state index in [9.17, 15) is 9.59 Å². The van der Waals surface area contributed by atoms with Gasteiger partial charge in [-0.2, -0.15) is 0 Å². The number of anilines is 3. The third kappa shape index (κ3) is 5.45. The van der Waals surface area contributed by atoms with Crippen LogP contribution >= 0.6 is 11.6 Å². The number of piperidine rings is 1. The Kier molecular flexibility index (Phi) is 7.12. The van der Waals surface area contributed by atoms with Crippen LogP contribution in [-0.2, 0) is 0 Å². The van der Waals surface area contributed by atoms with Gasteiger partial charge in [0, 0.05) is 42.1 Å². The maximum atomic E-state index is 12.9. The van der Waals surface area contributed by atoms with E-state index in [2.05, 4.69) is 45.0 Å². The minimum absolute atomic E-state index is 0.213. The monoisotopic (exact) mass is 516 g/mol. The van der Waals surface area contributed by atoms with Crippen LogP contribution in [0.2, 0.25) is 5.02 Å². The lowest BCUT2D eigenvalue weighted by Gasteiger charge is -2.29. The smallest absolute Gasteiger partial charge is 0.325 e. The molecule has 0 atom stereocenters. The van der Waals surface area contributed by atoms with Gasteiger partial charge in [-0.1, -0.05) is 23.7 Å². The van der Waals surface area contributed by atoms with Crippen molar-refractivity contribution < 1.29 is 9.59 Å². The summed E-state index contributed by atoms with van der Waals surface area (Å²) in [6, 6.07) is 16.7. The second-order valence-electron chi connectivity index (χ2n) is 9.34. The summed E-state index contributed by atoms with van der Waals surface area (Å²) in [7, 11) is 3.74. The lowest BCUT2D eigenvalue weighted by Crippen LogP contribution is -2.29. The molecule has 4 aromatic rings. The standard InChI is InChI=1S/C28H29ClN6O2/c1-30-28(37)35-14-10-21-15-24(23(29)17-25(21)35)32-22-7-11-31-26(16-22)33-27(36)20-5-3-18(4-6-20)19-8-12-34(2)13-9-19/h3-7,10-11,14-17,19H,8-9,12-13H2,1-2H3,(H,30,37)(H2,31,32,33,36). The van der Waals surface area contributed by atoms with E-state index in [4.69, 9.17) is 11.6 Å². The van der Waals surface area contributed by atoms with Gasteiger partial charge in [0.2, 0.25) is 0 Å². The van der Waals surface area contributed by atoms with Crippen molar-refractivity contribution in [1.82, 2.24) is 19.8 Å². The molecule has 5 rings (SSSR count). The number of nitrogens with zero attached hydrogens (tertiary/aromatic N) is 3. The van der Waals surface area contributed by atoms with Crippen molar-refractivity contribution in [2.75, 3.05) is 37.8 Å². The summed E-state index contributed by atoms with van der Waals surface area (Å²) in [5.41, 5.74) is 3.98. The number of aromatic nitrogens is 2. The number of carbonyl (C=O) groups excluding carboxylic acids is 2. The lowest BCUT2D eigenvalue weighted by molar-refractivity contribution is 0.102. The number of pyridine rings is 1. The number of nitrogens with one attached hydrogen (secondary N) is 3. The lowest BCUT2D eigenvalue weighted by atomic mass is 9.89. The van der Waals surface area contributed by atoms with Crippen molar-refractivity contribution in [3.8, 4) is 0 Å². The van der Waals surface area contributed by atoms with Crippen LogP contribution in [0.15, 0.2) is 67.0 Å². The highest BCUT2D eigenvalue weighted by Crippen LogP contribution is 2.32. The number of amides is 2. The van der Waals surface area contributed by atoms with Gasteiger partial charge in [-0.3, -0.25) is 9.36 Å². The second kappa shape index (κ2) is 10.6. The fraction of sp³-hybridized carbons (Fsp3) is 0.250. The number of carbonyl (C=O) groups is 2. The summed E-state index contributed by atoms with van der Waals surface area (Å²) >= 11 is 6.51. The topological polar surface area (TPSA) is 91.3 Å². The van der Waals surface area contributed by atoms with Crippen molar-refractivity contribution in [3.63, 3.8) is 0 Å². The summed E-state index contributed by atoms with van der Waals surface area (Å²) in [5, 5.41) is 10.1. The van der Waals surface area contributed by atoms with Gasteiger partial charge in [0.15, 0.2) is 0 Å². The van der Waals surface area contributed by atoms with Crippen LogP contribution < -0.4 is 16.0 Å². The van der Waals surface area contributed by atoms with Gasteiger partial charge in [0.1, 0.15) is 5.82 Å².